The molecule has 0 aliphatic carbocycles. The van der Waals surface area contributed by atoms with Gasteiger partial charge in [0.05, 0.1) is 5.69 Å². The Kier molecular flexibility index (Phi) is 4.99. The molecule has 0 spiro atoms. The number of H-pyrrole nitrogens is 1. The van der Waals surface area contributed by atoms with Gasteiger partial charge in [0.2, 0.25) is 5.91 Å². The summed E-state index contributed by atoms with van der Waals surface area (Å²) < 4.78 is 18.7. The molecule has 7 nitrogen and oxygen atoms in total. The van der Waals surface area contributed by atoms with Crippen LogP contribution in [0, 0.1) is 5.82 Å². The molecule has 3 heterocycles. The Bertz CT molecular complexity index is 1240. The fraction of sp³-hybridized carbons (Fsp3) is 0.182. The average molecular weight is 438 g/mol. The van der Waals surface area contributed by atoms with Gasteiger partial charge in [-0.25, -0.2) is 4.39 Å². The van der Waals surface area contributed by atoms with Gasteiger partial charge in [0.1, 0.15) is 11.5 Å². The fourth-order valence-corrected chi connectivity index (χ4v) is 3.88. The van der Waals surface area contributed by atoms with Gasteiger partial charge in [0.15, 0.2) is 5.82 Å². The molecule has 156 valence electrons. The third-order valence-electron chi connectivity index (χ3n) is 5.28. The molecule has 9 heteroatoms. The summed E-state index contributed by atoms with van der Waals surface area (Å²) in [5, 5.41) is 11.6. The summed E-state index contributed by atoms with van der Waals surface area (Å²) in [5.74, 6) is 0.141. The van der Waals surface area contributed by atoms with Gasteiger partial charge in [0, 0.05) is 36.0 Å². The second kappa shape index (κ2) is 7.96. The molecule has 0 bridgehead atoms. The van der Waals surface area contributed by atoms with Gasteiger partial charge >= 0.3 is 0 Å². The van der Waals surface area contributed by atoms with Gasteiger partial charge < -0.3 is 9.42 Å². The zero-order valence-corrected chi connectivity index (χ0v) is 17.0. The summed E-state index contributed by atoms with van der Waals surface area (Å²) in [6, 6.07) is 15.8. The predicted molar refractivity (Wildman–Crippen MR) is 112 cm³/mol. The number of amides is 1. The number of likely N-dealkylation sites (tertiary alicyclic amines) is 1. The number of nitrogens with zero attached hydrogens (tertiary/aromatic N) is 4. The molecule has 1 atom stereocenters. The minimum Gasteiger partial charge on any atom is -0.338 e. The number of carbonyl (C=O) groups excluding carboxylic acids is 1. The van der Waals surface area contributed by atoms with E-state index in [0.29, 0.717) is 41.1 Å². The van der Waals surface area contributed by atoms with Crippen LogP contribution in [0.5, 0.6) is 0 Å². The number of carbonyl (C=O) groups is 1. The zero-order valence-electron chi connectivity index (χ0n) is 16.3. The summed E-state index contributed by atoms with van der Waals surface area (Å²) in [7, 11) is 0. The lowest BCUT2D eigenvalue weighted by Gasteiger charge is -2.17. The van der Waals surface area contributed by atoms with Crippen LogP contribution in [-0.2, 0) is 11.3 Å². The van der Waals surface area contributed by atoms with Crippen molar-refractivity contribution in [2.45, 2.75) is 18.9 Å². The van der Waals surface area contributed by atoms with Crippen LogP contribution >= 0.6 is 11.6 Å². The van der Waals surface area contributed by atoms with Crippen LogP contribution in [-0.4, -0.2) is 37.7 Å². The first-order chi connectivity index (χ1) is 15.1. The Hall–Kier alpha value is -3.52. The van der Waals surface area contributed by atoms with Gasteiger partial charge in [-0.1, -0.05) is 53.2 Å². The highest BCUT2D eigenvalue weighted by Gasteiger charge is 2.34. The van der Waals surface area contributed by atoms with E-state index in [1.54, 1.807) is 11.0 Å². The van der Waals surface area contributed by atoms with Gasteiger partial charge in [0.25, 0.3) is 5.89 Å². The molecule has 1 N–H and O–H groups in total. The molecule has 2 aromatic carbocycles. The molecular formula is C22H17ClFN5O2. The average Bonchev–Trinajstić information content (AvgIpc) is 3.51. The van der Waals surface area contributed by atoms with E-state index in [4.69, 9.17) is 16.1 Å². The first-order valence-corrected chi connectivity index (χ1v) is 10.1. The Morgan fingerprint density at radius 3 is 2.84 bits per heavy atom. The molecule has 0 saturated carbocycles. The Morgan fingerprint density at radius 1 is 1.19 bits per heavy atom. The summed E-state index contributed by atoms with van der Waals surface area (Å²) in [6.45, 7) is 0.740. The van der Waals surface area contributed by atoms with Crippen molar-refractivity contribution in [3.05, 3.63) is 76.8 Å². The number of benzene rings is 2. The van der Waals surface area contributed by atoms with E-state index in [2.05, 4.69) is 20.3 Å². The summed E-state index contributed by atoms with van der Waals surface area (Å²) in [6.07, 6.45) is 0.274. The molecule has 4 aromatic rings. The van der Waals surface area contributed by atoms with Crippen molar-refractivity contribution >= 4 is 17.5 Å². The smallest absolute Gasteiger partial charge is 0.275 e. The summed E-state index contributed by atoms with van der Waals surface area (Å²) in [5.41, 5.74) is 3.05. The molecule has 31 heavy (non-hydrogen) atoms. The van der Waals surface area contributed by atoms with Gasteiger partial charge in [-0.2, -0.15) is 10.1 Å². The monoisotopic (exact) mass is 437 g/mol. The number of aromatic amines is 1. The van der Waals surface area contributed by atoms with E-state index in [1.807, 2.05) is 36.4 Å². The first-order valence-electron chi connectivity index (χ1n) is 9.73. The quantitative estimate of drug-likeness (QED) is 0.498. The standard InChI is InChI=1S/C22H17ClFN5O2/c23-17-9-16(24)7-6-14(17)11-29-12-15(8-20(29)30)21-25-22(31-28-21)19-10-18(26-27-19)13-4-2-1-3-5-13/h1-7,9-10,15H,8,11-12H2,(H,26,27). The van der Waals surface area contributed by atoms with Crippen LogP contribution in [0.3, 0.4) is 0 Å². The van der Waals surface area contributed by atoms with Crippen molar-refractivity contribution in [1.29, 1.82) is 0 Å². The van der Waals surface area contributed by atoms with Crippen LogP contribution in [0.4, 0.5) is 4.39 Å². The van der Waals surface area contributed by atoms with Gasteiger partial charge in [-0.05, 0) is 23.8 Å². The predicted octanol–water partition coefficient (Wildman–Crippen LogP) is 4.44. The lowest BCUT2D eigenvalue weighted by Crippen LogP contribution is -2.24. The number of hydrogen-bond donors (Lipinski definition) is 1. The van der Waals surface area contributed by atoms with Crippen molar-refractivity contribution in [1.82, 2.24) is 25.2 Å². The van der Waals surface area contributed by atoms with Crippen LogP contribution in [0.25, 0.3) is 22.8 Å². The normalized spacial score (nSPS) is 16.3. The molecule has 1 aliphatic rings. The van der Waals surface area contributed by atoms with Crippen molar-refractivity contribution in [2.24, 2.45) is 0 Å². The second-order valence-corrected chi connectivity index (χ2v) is 7.81. The van der Waals surface area contributed by atoms with E-state index >= 15 is 0 Å². The fourth-order valence-electron chi connectivity index (χ4n) is 3.65. The Balaban J connectivity index is 1.30. The van der Waals surface area contributed by atoms with Crippen molar-refractivity contribution in [2.75, 3.05) is 6.54 Å². The molecule has 2 aromatic heterocycles. The van der Waals surface area contributed by atoms with Crippen LogP contribution in [0.15, 0.2) is 59.1 Å². The van der Waals surface area contributed by atoms with Crippen LogP contribution in [0.1, 0.15) is 23.7 Å². The zero-order chi connectivity index (χ0) is 21.4. The molecule has 1 saturated heterocycles. The first kappa shape index (κ1) is 19.4. The molecule has 1 unspecified atom stereocenters. The summed E-state index contributed by atoms with van der Waals surface area (Å²) in [4.78, 5) is 18.6. The molecule has 5 rings (SSSR count). The largest absolute Gasteiger partial charge is 0.338 e. The van der Waals surface area contributed by atoms with E-state index in [-0.39, 0.29) is 18.2 Å². The lowest BCUT2D eigenvalue weighted by molar-refractivity contribution is -0.128. The maximum absolute atomic E-state index is 13.3. The maximum atomic E-state index is 13.3. The Morgan fingerprint density at radius 2 is 2.03 bits per heavy atom. The maximum Gasteiger partial charge on any atom is 0.275 e. The van der Waals surface area contributed by atoms with Crippen molar-refractivity contribution in [3.63, 3.8) is 0 Å². The topological polar surface area (TPSA) is 87.9 Å². The molecule has 1 aliphatic heterocycles. The number of rotatable bonds is 5. The van der Waals surface area contributed by atoms with Gasteiger partial charge in [-0.15, -0.1) is 0 Å². The third-order valence-corrected chi connectivity index (χ3v) is 5.63. The molecule has 0 radical (unpaired) electrons. The van der Waals surface area contributed by atoms with E-state index in [0.717, 1.165) is 11.3 Å². The molecule has 1 fully saturated rings. The van der Waals surface area contributed by atoms with Crippen molar-refractivity contribution in [3.8, 4) is 22.8 Å². The third kappa shape index (κ3) is 3.94. The SMILES string of the molecule is O=C1CC(c2noc(-c3cc(-c4ccccc4)n[nH]3)n2)CN1Cc1ccc(F)cc1Cl. The van der Waals surface area contributed by atoms with E-state index < -0.39 is 5.82 Å². The van der Waals surface area contributed by atoms with Crippen LogP contribution in [0.2, 0.25) is 5.02 Å². The van der Waals surface area contributed by atoms with Crippen LogP contribution < -0.4 is 0 Å². The number of hydrogen-bond acceptors (Lipinski definition) is 5. The highest BCUT2D eigenvalue weighted by atomic mass is 35.5. The molecular weight excluding hydrogens is 421 g/mol. The van der Waals surface area contributed by atoms with Crippen molar-refractivity contribution < 1.29 is 13.7 Å². The minimum atomic E-state index is -0.409. The van der Waals surface area contributed by atoms with E-state index in [9.17, 15) is 9.18 Å². The molecule has 1 amide bonds. The number of nitrogens with one attached hydrogen (secondary N) is 1. The highest BCUT2D eigenvalue weighted by Crippen LogP contribution is 2.30. The van der Waals surface area contributed by atoms with Gasteiger partial charge in [-0.3, -0.25) is 9.89 Å². The van der Waals surface area contributed by atoms with E-state index in [1.165, 1.54) is 12.1 Å². The summed E-state index contributed by atoms with van der Waals surface area (Å²) >= 11 is 6.10. The highest BCUT2D eigenvalue weighted by molar-refractivity contribution is 6.31. The Labute approximate surface area is 181 Å². The number of aromatic nitrogens is 4. The lowest BCUT2D eigenvalue weighted by atomic mass is 10.1. The second-order valence-electron chi connectivity index (χ2n) is 7.40. The number of halogens is 2. The minimum absolute atomic E-state index is 0.0374.